The van der Waals surface area contributed by atoms with Gasteiger partial charge in [-0.15, -0.1) is 18.3 Å². The van der Waals surface area contributed by atoms with Gasteiger partial charge in [0.15, 0.2) is 0 Å². The van der Waals surface area contributed by atoms with Crippen LogP contribution in [0.1, 0.15) is 73.6 Å². The average Bonchev–Trinajstić information content (AvgIpc) is 3.37. The number of nitrogens with zero attached hydrogens (tertiary/aromatic N) is 2. The second-order valence-corrected chi connectivity index (χ2v) is 18.1. The van der Waals surface area contributed by atoms with E-state index in [0.717, 1.165) is 22.8 Å². The number of ketones is 1. The molecule has 3 aliphatic rings. The summed E-state index contributed by atoms with van der Waals surface area (Å²) in [6.07, 6.45) is 5.85. The number of esters is 1. The van der Waals surface area contributed by atoms with E-state index in [1.54, 1.807) is 10.9 Å². The maximum atomic E-state index is 13.6. The molecular formula is C36H50IN3O5S. The number of aliphatic hydroxyl groups excluding tert-OH is 1. The predicted molar refractivity (Wildman–Crippen MR) is 193 cm³/mol. The Bertz CT molecular complexity index is 1560. The zero-order chi connectivity index (χ0) is 33.7. The number of carbonyl (C=O) groups is 2. The summed E-state index contributed by atoms with van der Waals surface area (Å²) in [5.41, 5.74) is -0.816. The van der Waals surface area contributed by atoms with Crippen LogP contribution < -0.4 is 10.9 Å². The first-order chi connectivity index (χ1) is 21.6. The molecule has 2 aromatic rings. The minimum Gasteiger partial charge on any atom is -0.461 e. The molecule has 46 heavy (non-hydrogen) atoms. The standard InChI is InChI=1S/C36H50IN3O5S/c1-8-34(6)18-28(35(7)22(2)11-13-36(23(3)31(34)43)14-12-27(41)30(35)36)45-29(42)19-46-33(4,5)20-38-15-16-40-21-39-26-10-9-24(37)17-25(26)32(40)44/h8-10,17,21-23,28,30-31,38,43H,1,11-16,18-20H2,2-7H3/t22-,23+,28-,30+,31+,34-,35+,36+/m1/s1. The highest BCUT2D eigenvalue weighted by Gasteiger charge is 2.68. The van der Waals surface area contributed by atoms with Crippen molar-refractivity contribution in [2.24, 2.45) is 34.0 Å². The van der Waals surface area contributed by atoms with Crippen LogP contribution in [-0.2, 0) is 20.9 Å². The highest BCUT2D eigenvalue weighted by molar-refractivity contribution is 14.1. The summed E-state index contributed by atoms with van der Waals surface area (Å²) in [6, 6.07) is 5.67. The van der Waals surface area contributed by atoms with Crippen LogP contribution in [0.5, 0.6) is 0 Å². The number of carbonyl (C=O) groups excluding carboxylic acids is 2. The molecule has 0 spiro atoms. The zero-order valence-corrected chi connectivity index (χ0v) is 31.1. The van der Waals surface area contributed by atoms with Gasteiger partial charge in [0.2, 0.25) is 0 Å². The lowest BCUT2D eigenvalue weighted by atomic mass is 9.44. The third-order valence-corrected chi connectivity index (χ3v) is 14.0. The summed E-state index contributed by atoms with van der Waals surface area (Å²) in [5.74, 6) is 0.0485. The minimum absolute atomic E-state index is 0.0528. The van der Waals surface area contributed by atoms with E-state index in [0.29, 0.717) is 43.4 Å². The zero-order valence-electron chi connectivity index (χ0n) is 28.1. The number of benzene rings is 1. The number of hydrogen-bond acceptors (Lipinski definition) is 8. The quantitative estimate of drug-likeness (QED) is 0.131. The fraction of sp³-hybridized carbons (Fsp3) is 0.667. The molecule has 3 aliphatic carbocycles. The number of rotatable bonds is 10. The van der Waals surface area contributed by atoms with Gasteiger partial charge >= 0.3 is 5.97 Å². The van der Waals surface area contributed by atoms with Crippen LogP contribution in [0.4, 0.5) is 0 Å². The maximum absolute atomic E-state index is 13.6. The lowest BCUT2D eigenvalue weighted by molar-refractivity contribution is -0.205. The van der Waals surface area contributed by atoms with E-state index >= 15 is 0 Å². The van der Waals surface area contributed by atoms with Crippen LogP contribution in [0.25, 0.3) is 10.9 Å². The number of Topliss-reactive ketones (excluding diaryl/α,β-unsaturated/α-hetero) is 1. The molecule has 0 unspecified atom stereocenters. The van der Waals surface area contributed by atoms with Crippen LogP contribution in [0, 0.1) is 37.6 Å². The molecule has 2 N–H and O–H groups in total. The topological polar surface area (TPSA) is 111 Å². The Balaban J connectivity index is 1.23. The fourth-order valence-corrected chi connectivity index (χ4v) is 10.2. The Labute approximate surface area is 291 Å². The number of ether oxygens (including phenoxy) is 1. The van der Waals surface area contributed by atoms with E-state index in [-0.39, 0.29) is 51.0 Å². The number of nitrogens with one attached hydrogen (secondary N) is 1. The van der Waals surface area contributed by atoms with Gasteiger partial charge in [-0.3, -0.25) is 19.0 Å². The highest BCUT2D eigenvalue weighted by atomic mass is 127. The summed E-state index contributed by atoms with van der Waals surface area (Å²) < 4.78 is 8.77. The van der Waals surface area contributed by atoms with Gasteiger partial charge in [0.25, 0.3) is 5.56 Å². The van der Waals surface area contributed by atoms with Crippen molar-refractivity contribution in [2.75, 3.05) is 18.8 Å². The van der Waals surface area contributed by atoms with Gasteiger partial charge in [0.05, 0.1) is 29.1 Å². The van der Waals surface area contributed by atoms with Crippen LogP contribution in [0.2, 0.25) is 0 Å². The van der Waals surface area contributed by atoms with Crippen molar-refractivity contribution in [3.8, 4) is 0 Å². The largest absolute Gasteiger partial charge is 0.461 e. The van der Waals surface area contributed by atoms with Crippen LogP contribution in [-0.4, -0.2) is 62.2 Å². The molecular weight excluding hydrogens is 713 g/mol. The first-order valence-electron chi connectivity index (χ1n) is 16.6. The van der Waals surface area contributed by atoms with Gasteiger partial charge in [-0.2, -0.15) is 0 Å². The molecule has 0 aliphatic heterocycles. The molecule has 0 amide bonds. The highest BCUT2D eigenvalue weighted by Crippen LogP contribution is 2.68. The van der Waals surface area contributed by atoms with E-state index < -0.39 is 23.0 Å². The van der Waals surface area contributed by atoms with Crippen molar-refractivity contribution in [1.29, 1.82) is 0 Å². The normalized spacial score (nSPS) is 34.5. The third kappa shape index (κ3) is 6.36. The number of thioether (sulfide) groups is 1. The molecule has 3 saturated carbocycles. The monoisotopic (exact) mass is 763 g/mol. The summed E-state index contributed by atoms with van der Waals surface area (Å²) in [4.78, 5) is 44.6. The maximum Gasteiger partial charge on any atom is 0.316 e. The summed E-state index contributed by atoms with van der Waals surface area (Å²) >= 11 is 3.73. The van der Waals surface area contributed by atoms with Crippen molar-refractivity contribution in [3.05, 3.63) is 51.1 Å². The predicted octanol–water partition coefficient (Wildman–Crippen LogP) is 6.01. The molecule has 8 nitrogen and oxygen atoms in total. The van der Waals surface area contributed by atoms with Crippen LogP contribution in [0.15, 0.2) is 42.0 Å². The SMILES string of the molecule is C=C[C@]1(C)C[C@@H](OC(=O)CSC(C)(C)CNCCn2cnc3ccc(I)cc3c2=O)[C@]2(C)[C@H](C)CC[C@]3(CCC(=O)[C@H]32)[C@@H](C)[C@@H]1O. The first kappa shape index (κ1) is 35.5. The number of hydrogen-bond donors (Lipinski definition) is 2. The molecule has 1 aromatic heterocycles. The number of fused-ring (bicyclic) bond motifs is 1. The van der Waals surface area contributed by atoms with Crippen molar-refractivity contribution in [3.63, 3.8) is 0 Å². The lowest BCUT2D eigenvalue weighted by Gasteiger charge is -2.61. The molecule has 3 fully saturated rings. The fourth-order valence-electron chi connectivity index (χ4n) is 8.88. The molecule has 0 saturated heterocycles. The third-order valence-electron chi connectivity index (χ3n) is 12.0. The van der Waals surface area contributed by atoms with E-state index in [1.807, 2.05) is 31.2 Å². The second-order valence-electron chi connectivity index (χ2n) is 15.2. The smallest absolute Gasteiger partial charge is 0.316 e. The van der Waals surface area contributed by atoms with E-state index in [2.05, 4.69) is 74.1 Å². The average molecular weight is 764 g/mol. The molecule has 1 heterocycles. The molecule has 2 bridgehead atoms. The Kier molecular flexibility index (Phi) is 10.3. The lowest BCUT2D eigenvalue weighted by Crippen LogP contribution is -2.63. The van der Waals surface area contributed by atoms with Crippen molar-refractivity contribution in [1.82, 2.24) is 14.9 Å². The molecule has 0 radical (unpaired) electrons. The van der Waals surface area contributed by atoms with Gasteiger partial charge in [-0.25, -0.2) is 4.98 Å². The number of halogens is 1. The number of aliphatic hydroxyl groups is 1. The van der Waals surface area contributed by atoms with E-state index in [4.69, 9.17) is 4.74 Å². The molecule has 10 heteroatoms. The van der Waals surface area contributed by atoms with Gasteiger partial charge < -0.3 is 15.2 Å². The van der Waals surface area contributed by atoms with Crippen LogP contribution >= 0.6 is 34.4 Å². The van der Waals surface area contributed by atoms with Crippen LogP contribution in [0.3, 0.4) is 0 Å². The van der Waals surface area contributed by atoms with Gasteiger partial charge in [0.1, 0.15) is 11.9 Å². The molecule has 1 aromatic carbocycles. The summed E-state index contributed by atoms with van der Waals surface area (Å²) in [5, 5.41) is 15.8. The summed E-state index contributed by atoms with van der Waals surface area (Å²) in [6.45, 7) is 18.5. The van der Waals surface area contributed by atoms with Crippen molar-refractivity contribution >= 4 is 57.0 Å². The molecule has 252 valence electrons. The van der Waals surface area contributed by atoms with Crippen molar-refractivity contribution < 1.29 is 19.4 Å². The number of aromatic nitrogens is 2. The van der Waals surface area contributed by atoms with Gasteiger partial charge in [-0.05, 0) is 97.6 Å². The van der Waals surface area contributed by atoms with Crippen molar-refractivity contribution in [2.45, 2.75) is 97.1 Å². The first-order valence-corrected chi connectivity index (χ1v) is 18.7. The van der Waals surface area contributed by atoms with Gasteiger partial charge in [-0.1, -0.05) is 33.8 Å². The summed E-state index contributed by atoms with van der Waals surface area (Å²) in [7, 11) is 0. The van der Waals surface area contributed by atoms with Gasteiger partial charge in [0, 0.05) is 51.1 Å². The second kappa shape index (κ2) is 13.3. The Hall–Kier alpha value is -1.76. The van der Waals surface area contributed by atoms with E-state index in [9.17, 15) is 19.5 Å². The molecule has 5 rings (SSSR count). The Morgan fingerprint density at radius 1 is 1.28 bits per heavy atom. The Morgan fingerprint density at radius 3 is 2.74 bits per heavy atom. The molecule has 8 atom stereocenters. The van der Waals surface area contributed by atoms with E-state index in [1.165, 1.54) is 11.8 Å². The minimum atomic E-state index is -0.679. The Morgan fingerprint density at radius 2 is 2.02 bits per heavy atom.